The maximum absolute atomic E-state index is 6.12. The Balaban J connectivity index is 1.54. The standard InChI is InChI=1S/C19H28ClN7/c1-21-18(22-11-17-12-23-19(25(2)3)26(17)4)24-15-8-9-27(13-15)16-7-5-6-14(20)10-16/h5-7,10,12,15H,8-9,11,13H2,1-4H3,(H2,21,22,24). The van der Waals surface area contributed by atoms with E-state index in [2.05, 4.69) is 36.1 Å². The molecule has 0 aliphatic carbocycles. The van der Waals surface area contributed by atoms with Crippen LogP contribution in [0.15, 0.2) is 35.5 Å². The number of imidazole rings is 1. The first kappa shape index (κ1) is 19.4. The van der Waals surface area contributed by atoms with Crippen molar-refractivity contribution in [2.45, 2.75) is 19.0 Å². The summed E-state index contributed by atoms with van der Waals surface area (Å²) in [6.45, 7) is 2.60. The highest BCUT2D eigenvalue weighted by Gasteiger charge is 2.23. The Hall–Kier alpha value is -2.41. The van der Waals surface area contributed by atoms with Crippen molar-refractivity contribution in [1.29, 1.82) is 0 Å². The third kappa shape index (κ3) is 4.66. The Kier molecular flexibility index (Phi) is 6.11. The molecule has 0 saturated carbocycles. The molecule has 1 aromatic carbocycles. The maximum Gasteiger partial charge on any atom is 0.204 e. The lowest BCUT2D eigenvalue weighted by Crippen LogP contribution is -2.44. The lowest BCUT2D eigenvalue weighted by Gasteiger charge is -2.20. The molecular formula is C19H28ClN7. The fourth-order valence-corrected chi connectivity index (χ4v) is 3.55. The number of halogens is 1. The number of rotatable bonds is 5. The molecule has 1 aromatic heterocycles. The molecule has 2 heterocycles. The molecule has 0 bridgehead atoms. The van der Waals surface area contributed by atoms with Gasteiger partial charge in [-0.3, -0.25) is 4.99 Å². The van der Waals surface area contributed by atoms with Gasteiger partial charge in [0, 0.05) is 58.0 Å². The van der Waals surface area contributed by atoms with Gasteiger partial charge >= 0.3 is 0 Å². The first-order chi connectivity index (χ1) is 13.0. The van der Waals surface area contributed by atoms with Crippen LogP contribution in [0.5, 0.6) is 0 Å². The van der Waals surface area contributed by atoms with E-state index < -0.39 is 0 Å². The van der Waals surface area contributed by atoms with Crippen LogP contribution in [0.25, 0.3) is 0 Å². The van der Waals surface area contributed by atoms with Crippen LogP contribution in [0, 0.1) is 0 Å². The van der Waals surface area contributed by atoms with Crippen molar-refractivity contribution in [2.24, 2.45) is 12.0 Å². The molecule has 8 heteroatoms. The second kappa shape index (κ2) is 8.52. The van der Waals surface area contributed by atoms with Crippen molar-refractivity contribution in [3.8, 4) is 0 Å². The van der Waals surface area contributed by atoms with Crippen LogP contribution in [0.2, 0.25) is 5.02 Å². The topological polar surface area (TPSA) is 60.7 Å². The van der Waals surface area contributed by atoms with Crippen LogP contribution < -0.4 is 20.4 Å². The van der Waals surface area contributed by atoms with Gasteiger partial charge in [0.1, 0.15) is 0 Å². The van der Waals surface area contributed by atoms with Gasteiger partial charge in [0.15, 0.2) is 5.96 Å². The minimum atomic E-state index is 0.346. The summed E-state index contributed by atoms with van der Waals surface area (Å²) in [5, 5.41) is 7.69. The average molecular weight is 390 g/mol. The molecule has 27 heavy (non-hydrogen) atoms. The molecular weight excluding hydrogens is 362 g/mol. The van der Waals surface area contributed by atoms with Gasteiger partial charge in [-0.1, -0.05) is 17.7 Å². The van der Waals surface area contributed by atoms with E-state index in [-0.39, 0.29) is 0 Å². The Morgan fingerprint density at radius 3 is 2.89 bits per heavy atom. The second-order valence-corrected chi connectivity index (χ2v) is 7.42. The summed E-state index contributed by atoms with van der Waals surface area (Å²) in [7, 11) is 7.81. The van der Waals surface area contributed by atoms with Crippen molar-refractivity contribution in [3.05, 3.63) is 41.2 Å². The van der Waals surface area contributed by atoms with E-state index in [0.717, 1.165) is 42.1 Å². The molecule has 1 aliphatic heterocycles. The molecule has 146 valence electrons. The van der Waals surface area contributed by atoms with Crippen molar-refractivity contribution in [2.75, 3.05) is 44.0 Å². The van der Waals surface area contributed by atoms with E-state index in [1.165, 1.54) is 5.69 Å². The zero-order valence-corrected chi connectivity index (χ0v) is 17.2. The number of aliphatic imine (C=N–C) groups is 1. The van der Waals surface area contributed by atoms with Gasteiger partial charge in [0.05, 0.1) is 18.4 Å². The van der Waals surface area contributed by atoms with Crippen LogP contribution in [0.3, 0.4) is 0 Å². The molecule has 0 radical (unpaired) electrons. The van der Waals surface area contributed by atoms with Crippen molar-refractivity contribution < 1.29 is 0 Å². The fourth-order valence-electron chi connectivity index (χ4n) is 3.36. The first-order valence-corrected chi connectivity index (χ1v) is 9.51. The number of aromatic nitrogens is 2. The molecule has 1 atom stereocenters. The fraction of sp³-hybridized carbons (Fsp3) is 0.474. The Bertz CT molecular complexity index is 799. The number of hydrogen-bond donors (Lipinski definition) is 2. The smallest absolute Gasteiger partial charge is 0.204 e. The van der Waals surface area contributed by atoms with Gasteiger partial charge < -0.3 is 25.0 Å². The number of hydrogen-bond acceptors (Lipinski definition) is 4. The number of nitrogens with one attached hydrogen (secondary N) is 2. The third-order valence-corrected chi connectivity index (χ3v) is 5.06. The van der Waals surface area contributed by atoms with Crippen LogP contribution in [-0.4, -0.2) is 55.8 Å². The first-order valence-electron chi connectivity index (χ1n) is 9.13. The predicted molar refractivity (Wildman–Crippen MR) is 113 cm³/mol. The molecule has 2 aromatic rings. The number of nitrogens with zero attached hydrogens (tertiary/aromatic N) is 5. The second-order valence-electron chi connectivity index (χ2n) is 6.98. The molecule has 1 aliphatic rings. The summed E-state index contributed by atoms with van der Waals surface area (Å²) in [6.07, 6.45) is 2.95. The van der Waals surface area contributed by atoms with E-state index in [4.69, 9.17) is 11.6 Å². The Morgan fingerprint density at radius 2 is 2.22 bits per heavy atom. The molecule has 7 nitrogen and oxygen atoms in total. The Morgan fingerprint density at radius 1 is 1.41 bits per heavy atom. The zero-order chi connectivity index (χ0) is 19.4. The normalized spacial score (nSPS) is 17.3. The lowest BCUT2D eigenvalue weighted by atomic mass is 10.2. The highest BCUT2D eigenvalue weighted by atomic mass is 35.5. The van der Waals surface area contributed by atoms with E-state index in [1.807, 2.05) is 50.4 Å². The minimum Gasteiger partial charge on any atom is -0.369 e. The monoisotopic (exact) mass is 389 g/mol. The summed E-state index contributed by atoms with van der Waals surface area (Å²) < 4.78 is 2.08. The van der Waals surface area contributed by atoms with Gasteiger partial charge in [-0.25, -0.2) is 4.98 Å². The number of guanidine groups is 1. The summed E-state index contributed by atoms with van der Waals surface area (Å²) in [6, 6.07) is 8.37. The quantitative estimate of drug-likeness (QED) is 0.605. The largest absolute Gasteiger partial charge is 0.369 e. The lowest BCUT2D eigenvalue weighted by molar-refractivity contribution is 0.644. The van der Waals surface area contributed by atoms with E-state index >= 15 is 0 Å². The number of anilines is 2. The SMILES string of the molecule is CN=C(NCc1cnc(N(C)C)n1C)NC1CCN(c2cccc(Cl)c2)C1. The summed E-state index contributed by atoms with van der Waals surface area (Å²) in [5.74, 6) is 1.74. The predicted octanol–water partition coefficient (Wildman–Crippen LogP) is 2.08. The average Bonchev–Trinajstić information content (AvgIpc) is 3.25. The van der Waals surface area contributed by atoms with E-state index in [9.17, 15) is 0 Å². The molecule has 0 amide bonds. The summed E-state index contributed by atoms with van der Waals surface area (Å²) in [5.41, 5.74) is 2.27. The van der Waals surface area contributed by atoms with Crippen LogP contribution in [-0.2, 0) is 13.6 Å². The molecule has 2 N–H and O–H groups in total. The van der Waals surface area contributed by atoms with Crippen molar-refractivity contribution in [3.63, 3.8) is 0 Å². The molecule has 0 spiro atoms. The summed E-state index contributed by atoms with van der Waals surface area (Å²) in [4.78, 5) is 13.2. The maximum atomic E-state index is 6.12. The highest BCUT2D eigenvalue weighted by Crippen LogP contribution is 2.23. The Labute approximate surface area is 166 Å². The molecule has 3 rings (SSSR count). The van der Waals surface area contributed by atoms with Gasteiger partial charge in [-0.15, -0.1) is 0 Å². The van der Waals surface area contributed by atoms with Crippen molar-refractivity contribution in [1.82, 2.24) is 20.2 Å². The van der Waals surface area contributed by atoms with E-state index in [0.29, 0.717) is 12.6 Å². The van der Waals surface area contributed by atoms with Crippen LogP contribution in [0.1, 0.15) is 12.1 Å². The zero-order valence-electron chi connectivity index (χ0n) is 16.4. The van der Waals surface area contributed by atoms with E-state index in [1.54, 1.807) is 7.05 Å². The highest BCUT2D eigenvalue weighted by molar-refractivity contribution is 6.30. The van der Waals surface area contributed by atoms with Crippen LogP contribution in [0.4, 0.5) is 11.6 Å². The van der Waals surface area contributed by atoms with Crippen LogP contribution >= 0.6 is 11.6 Å². The minimum absolute atomic E-state index is 0.346. The van der Waals surface area contributed by atoms with Crippen molar-refractivity contribution >= 4 is 29.2 Å². The van der Waals surface area contributed by atoms with Gasteiger partial charge in [-0.2, -0.15) is 0 Å². The van der Waals surface area contributed by atoms with Gasteiger partial charge in [0.2, 0.25) is 5.95 Å². The molecule has 1 saturated heterocycles. The van der Waals surface area contributed by atoms with Gasteiger partial charge in [0.25, 0.3) is 0 Å². The summed E-state index contributed by atoms with van der Waals surface area (Å²) >= 11 is 6.12. The van der Waals surface area contributed by atoms with Gasteiger partial charge in [-0.05, 0) is 24.6 Å². The number of benzene rings is 1. The molecule has 1 unspecified atom stereocenters. The third-order valence-electron chi connectivity index (χ3n) is 4.82. The molecule has 1 fully saturated rings.